The predicted molar refractivity (Wildman–Crippen MR) is 62.1 cm³/mol. The fourth-order valence-electron chi connectivity index (χ4n) is 4.52. The minimum absolute atomic E-state index is 0.626. The van der Waals surface area contributed by atoms with Crippen LogP contribution < -0.4 is 0 Å². The summed E-state index contributed by atoms with van der Waals surface area (Å²) < 4.78 is 0. The minimum atomic E-state index is 0.626. The van der Waals surface area contributed by atoms with Crippen LogP contribution in [0.2, 0.25) is 0 Å². The first-order valence-corrected chi connectivity index (χ1v) is 6.32. The van der Waals surface area contributed by atoms with Crippen molar-refractivity contribution in [3.05, 3.63) is 0 Å². The Hall–Kier alpha value is 0. The van der Waals surface area contributed by atoms with Crippen LogP contribution in [0.15, 0.2) is 0 Å². The molecule has 82 valence electrons. The van der Waals surface area contributed by atoms with Gasteiger partial charge in [0, 0.05) is 0 Å². The summed E-state index contributed by atoms with van der Waals surface area (Å²) in [5.74, 6) is 3.74. The average Bonchev–Trinajstić information content (AvgIpc) is 2.39. The van der Waals surface area contributed by atoms with Crippen molar-refractivity contribution in [2.75, 3.05) is 0 Å². The highest BCUT2D eigenvalue weighted by Crippen LogP contribution is 2.69. The monoisotopic (exact) mass is 194 g/mol. The van der Waals surface area contributed by atoms with Crippen LogP contribution in [0.25, 0.3) is 0 Å². The van der Waals surface area contributed by atoms with Crippen molar-refractivity contribution in [1.29, 1.82) is 0 Å². The average molecular weight is 194 g/mol. The molecule has 0 heteroatoms. The van der Waals surface area contributed by atoms with Gasteiger partial charge >= 0.3 is 0 Å². The molecule has 0 aromatic heterocycles. The van der Waals surface area contributed by atoms with Gasteiger partial charge in [-0.2, -0.15) is 0 Å². The van der Waals surface area contributed by atoms with Gasteiger partial charge < -0.3 is 0 Å². The molecule has 0 aliphatic heterocycles. The Balaban J connectivity index is 2.34. The molecular weight excluding hydrogens is 168 g/mol. The van der Waals surface area contributed by atoms with Gasteiger partial charge in [0.2, 0.25) is 0 Å². The lowest BCUT2D eigenvalue weighted by Gasteiger charge is -2.42. The van der Waals surface area contributed by atoms with Gasteiger partial charge in [-0.3, -0.25) is 0 Å². The molecule has 0 heterocycles. The molecule has 0 spiro atoms. The number of hydrogen-bond donors (Lipinski definition) is 0. The van der Waals surface area contributed by atoms with Crippen LogP contribution in [0.4, 0.5) is 0 Å². The highest BCUT2D eigenvalue weighted by Gasteiger charge is 2.62. The van der Waals surface area contributed by atoms with Crippen molar-refractivity contribution in [1.82, 2.24) is 0 Å². The third-order valence-electron chi connectivity index (χ3n) is 6.30. The topological polar surface area (TPSA) is 0 Å². The van der Waals surface area contributed by atoms with Crippen LogP contribution in [0.5, 0.6) is 0 Å². The number of fused-ring (bicyclic) bond motifs is 2. The Morgan fingerprint density at radius 1 is 1.14 bits per heavy atom. The molecule has 2 aliphatic carbocycles. The van der Waals surface area contributed by atoms with E-state index in [1.165, 1.54) is 12.8 Å². The third-order valence-corrected chi connectivity index (χ3v) is 6.30. The van der Waals surface area contributed by atoms with E-state index in [-0.39, 0.29) is 0 Å². The summed E-state index contributed by atoms with van der Waals surface area (Å²) in [4.78, 5) is 0. The molecule has 0 saturated heterocycles. The molecule has 5 atom stereocenters. The van der Waals surface area contributed by atoms with E-state index in [1.807, 2.05) is 0 Å². The molecule has 2 bridgehead atoms. The zero-order valence-corrected chi connectivity index (χ0v) is 10.7. The van der Waals surface area contributed by atoms with Gasteiger partial charge in [-0.05, 0) is 47.3 Å². The number of rotatable bonds is 1. The lowest BCUT2D eigenvalue weighted by atomic mass is 9.62. The Morgan fingerprint density at radius 3 is 2.00 bits per heavy atom. The van der Waals surface area contributed by atoms with E-state index in [0.717, 1.165) is 23.7 Å². The summed E-state index contributed by atoms with van der Waals surface area (Å²) in [6.07, 6.45) is 2.94. The van der Waals surface area contributed by atoms with Gasteiger partial charge in [-0.25, -0.2) is 0 Å². The number of hydrogen-bond acceptors (Lipinski definition) is 0. The molecule has 0 aromatic carbocycles. The van der Waals surface area contributed by atoms with Gasteiger partial charge in [0.15, 0.2) is 0 Å². The van der Waals surface area contributed by atoms with Crippen LogP contribution >= 0.6 is 0 Å². The van der Waals surface area contributed by atoms with E-state index >= 15 is 0 Å². The fourth-order valence-corrected chi connectivity index (χ4v) is 4.52. The van der Waals surface area contributed by atoms with Crippen molar-refractivity contribution < 1.29 is 0 Å². The second-order valence-corrected chi connectivity index (χ2v) is 6.88. The largest absolute Gasteiger partial charge is 0.0622 e. The molecule has 0 aromatic rings. The SMILES string of the molecule is CC(C)C1(C)CC2(C)C(C)CC1C2C. The Labute approximate surface area is 89.5 Å². The summed E-state index contributed by atoms with van der Waals surface area (Å²) in [6.45, 7) is 14.9. The maximum atomic E-state index is 2.54. The highest BCUT2D eigenvalue weighted by molar-refractivity contribution is 5.11. The lowest BCUT2D eigenvalue weighted by Crippen LogP contribution is -2.34. The molecule has 0 nitrogen and oxygen atoms in total. The first-order valence-electron chi connectivity index (χ1n) is 6.32. The molecule has 2 fully saturated rings. The maximum Gasteiger partial charge on any atom is -0.0266 e. The Bertz CT molecular complexity index is 242. The van der Waals surface area contributed by atoms with Crippen molar-refractivity contribution in [3.63, 3.8) is 0 Å². The third kappa shape index (κ3) is 1.01. The molecular formula is C14H26. The minimum Gasteiger partial charge on any atom is -0.0622 e. The van der Waals surface area contributed by atoms with Crippen LogP contribution in [0.3, 0.4) is 0 Å². The van der Waals surface area contributed by atoms with Crippen LogP contribution in [-0.2, 0) is 0 Å². The van der Waals surface area contributed by atoms with E-state index in [2.05, 4.69) is 41.5 Å². The van der Waals surface area contributed by atoms with Crippen molar-refractivity contribution >= 4 is 0 Å². The molecule has 2 rings (SSSR count). The Morgan fingerprint density at radius 2 is 1.71 bits per heavy atom. The van der Waals surface area contributed by atoms with E-state index in [4.69, 9.17) is 0 Å². The molecule has 14 heavy (non-hydrogen) atoms. The molecule has 0 N–H and O–H groups in total. The summed E-state index contributed by atoms with van der Waals surface area (Å²) >= 11 is 0. The molecule has 0 radical (unpaired) electrons. The molecule has 2 saturated carbocycles. The second-order valence-electron chi connectivity index (χ2n) is 6.88. The standard InChI is InChI=1S/C14H26/c1-9(2)13(5)8-14(6)10(3)7-12(13)11(14)4/h9-12H,7-8H2,1-6H3. The molecule has 5 unspecified atom stereocenters. The molecule has 2 aliphatic rings. The van der Waals surface area contributed by atoms with E-state index in [0.29, 0.717) is 10.8 Å². The van der Waals surface area contributed by atoms with Gasteiger partial charge in [0.25, 0.3) is 0 Å². The fraction of sp³-hybridized carbons (Fsp3) is 1.00. The van der Waals surface area contributed by atoms with Gasteiger partial charge in [-0.1, -0.05) is 41.5 Å². The summed E-state index contributed by atoms with van der Waals surface area (Å²) in [5, 5.41) is 0. The normalized spacial score (nSPS) is 57.2. The van der Waals surface area contributed by atoms with Gasteiger partial charge in [0.05, 0.1) is 0 Å². The van der Waals surface area contributed by atoms with E-state index in [1.54, 1.807) is 0 Å². The summed E-state index contributed by atoms with van der Waals surface area (Å²) in [7, 11) is 0. The van der Waals surface area contributed by atoms with Gasteiger partial charge in [-0.15, -0.1) is 0 Å². The van der Waals surface area contributed by atoms with Crippen LogP contribution in [0.1, 0.15) is 54.4 Å². The lowest BCUT2D eigenvalue weighted by molar-refractivity contribution is 0.0680. The smallest absolute Gasteiger partial charge is 0.0266 e. The first-order chi connectivity index (χ1) is 6.32. The van der Waals surface area contributed by atoms with Gasteiger partial charge in [0.1, 0.15) is 0 Å². The first kappa shape index (κ1) is 10.5. The predicted octanol–water partition coefficient (Wildman–Crippen LogP) is 4.35. The van der Waals surface area contributed by atoms with Crippen molar-refractivity contribution in [2.24, 2.45) is 34.5 Å². The quantitative estimate of drug-likeness (QED) is 0.582. The zero-order valence-electron chi connectivity index (χ0n) is 10.7. The highest BCUT2D eigenvalue weighted by atomic mass is 14.7. The summed E-state index contributed by atoms with van der Waals surface area (Å²) in [6, 6.07) is 0. The Kier molecular flexibility index (Phi) is 2.08. The summed E-state index contributed by atoms with van der Waals surface area (Å²) in [5.41, 5.74) is 1.27. The molecule has 0 amide bonds. The van der Waals surface area contributed by atoms with E-state index < -0.39 is 0 Å². The van der Waals surface area contributed by atoms with Crippen molar-refractivity contribution in [3.8, 4) is 0 Å². The van der Waals surface area contributed by atoms with Crippen LogP contribution in [0, 0.1) is 34.5 Å². The zero-order chi connectivity index (χ0) is 10.7. The van der Waals surface area contributed by atoms with Crippen LogP contribution in [-0.4, -0.2) is 0 Å². The second kappa shape index (κ2) is 2.77. The van der Waals surface area contributed by atoms with E-state index in [9.17, 15) is 0 Å². The maximum absolute atomic E-state index is 2.54. The van der Waals surface area contributed by atoms with Crippen molar-refractivity contribution in [2.45, 2.75) is 54.4 Å².